The SMILES string of the molecule is CC(C)(C)OC(=O)CCP(=C1C=C(C(C)(C)C)C=C(C(C)(C)C)C1=O)(c1ccccc1)c1ccccc1. The van der Waals surface area contributed by atoms with Crippen molar-refractivity contribution in [3.63, 3.8) is 0 Å². The van der Waals surface area contributed by atoms with Crippen molar-refractivity contribution in [2.45, 2.75) is 74.3 Å². The number of esters is 1. The molecule has 0 fully saturated rings. The van der Waals surface area contributed by atoms with Gasteiger partial charge in [0.1, 0.15) is 5.60 Å². The van der Waals surface area contributed by atoms with Gasteiger partial charge in [0.25, 0.3) is 0 Å². The fourth-order valence-electron chi connectivity index (χ4n) is 4.71. The second-order valence-corrected chi connectivity index (χ2v) is 16.5. The number of carbonyl (C=O) groups is 2. The maximum absolute atomic E-state index is 14.5. The van der Waals surface area contributed by atoms with Gasteiger partial charge in [-0.15, -0.1) is 0 Å². The van der Waals surface area contributed by atoms with Crippen LogP contribution in [0.15, 0.2) is 84.0 Å². The van der Waals surface area contributed by atoms with Gasteiger partial charge in [-0.05, 0) is 66.9 Å². The Morgan fingerprint density at radius 1 is 0.730 bits per heavy atom. The molecule has 0 saturated heterocycles. The Balaban J connectivity index is 2.45. The lowest BCUT2D eigenvalue weighted by molar-refractivity contribution is -0.154. The van der Waals surface area contributed by atoms with Gasteiger partial charge in [-0.2, -0.15) is 0 Å². The third-order valence-corrected chi connectivity index (χ3v) is 11.0. The Labute approximate surface area is 224 Å². The molecule has 4 heteroatoms. The fourth-order valence-corrected chi connectivity index (χ4v) is 9.03. The highest BCUT2D eigenvalue weighted by Gasteiger charge is 2.38. The molecule has 0 atom stereocenters. The minimum atomic E-state index is -2.52. The van der Waals surface area contributed by atoms with E-state index in [0.29, 0.717) is 6.16 Å². The molecule has 3 rings (SSSR count). The van der Waals surface area contributed by atoms with Crippen LogP contribution >= 0.6 is 6.89 Å². The molecular formula is C33H43O3P. The number of allylic oxidation sites excluding steroid dienone is 4. The zero-order chi connectivity index (χ0) is 27.6. The quantitative estimate of drug-likeness (QED) is 0.314. The highest BCUT2D eigenvalue weighted by molar-refractivity contribution is 7.91. The zero-order valence-electron chi connectivity index (χ0n) is 24.0. The Morgan fingerprint density at radius 2 is 1.22 bits per heavy atom. The molecule has 2 aromatic carbocycles. The first-order valence-electron chi connectivity index (χ1n) is 13.1. The second-order valence-electron chi connectivity index (χ2n) is 12.9. The van der Waals surface area contributed by atoms with Crippen molar-refractivity contribution in [2.24, 2.45) is 10.8 Å². The fraction of sp³-hybridized carbons (Fsp3) is 0.424. The molecular weight excluding hydrogens is 475 g/mol. The monoisotopic (exact) mass is 518 g/mol. The first-order valence-corrected chi connectivity index (χ1v) is 15.1. The number of carbonyl (C=O) groups excluding carboxylic acids is 2. The van der Waals surface area contributed by atoms with E-state index in [1.165, 1.54) is 0 Å². The number of rotatable bonds is 5. The average Bonchev–Trinajstić information content (AvgIpc) is 2.79. The van der Waals surface area contributed by atoms with Crippen molar-refractivity contribution >= 4 is 34.5 Å². The number of Topliss-reactive ketones (excluding diaryl/α,β-unsaturated/α-hetero) is 1. The van der Waals surface area contributed by atoms with Crippen molar-refractivity contribution in [2.75, 3.05) is 6.16 Å². The van der Waals surface area contributed by atoms with Crippen LogP contribution in [0.1, 0.15) is 68.7 Å². The number of hydrogen-bond donors (Lipinski definition) is 0. The van der Waals surface area contributed by atoms with Gasteiger partial charge in [-0.25, -0.2) is 0 Å². The van der Waals surface area contributed by atoms with Gasteiger partial charge < -0.3 is 4.74 Å². The Kier molecular flexibility index (Phi) is 8.30. The first kappa shape index (κ1) is 28.9. The Hall–Kier alpha value is -2.64. The minimum absolute atomic E-state index is 0.0886. The standard InChI is InChI=1S/C33H43O3P/c1-31(2,3)24-22-27(32(4,5)6)30(35)28(23-24)37(25-16-12-10-13-17-25,26-18-14-11-15-19-26)21-20-29(34)36-33(7,8)9/h10-19,22-23H,20-21H2,1-9H3. The first-order chi connectivity index (χ1) is 17.1. The number of ether oxygens (including phenoxy) is 1. The molecule has 0 spiro atoms. The van der Waals surface area contributed by atoms with Crippen LogP contribution < -0.4 is 10.6 Å². The normalized spacial score (nSPS) is 15.3. The lowest BCUT2D eigenvalue weighted by Gasteiger charge is -2.36. The molecule has 0 saturated carbocycles. The van der Waals surface area contributed by atoms with Crippen molar-refractivity contribution in [3.8, 4) is 0 Å². The zero-order valence-corrected chi connectivity index (χ0v) is 24.9. The summed E-state index contributed by atoms with van der Waals surface area (Å²) in [5.74, 6) is -0.148. The lowest BCUT2D eigenvalue weighted by atomic mass is 9.75. The molecule has 1 aliphatic rings. The molecule has 37 heavy (non-hydrogen) atoms. The predicted molar refractivity (Wildman–Crippen MR) is 159 cm³/mol. The highest BCUT2D eigenvalue weighted by atomic mass is 31.2. The molecule has 0 N–H and O–H groups in total. The summed E-state index contributed by atoms with van der Waals surface area (Å²) in [5.41, 5.74) is 0.939. The number of ketones is 1. The minimum Gasteiger partial charge on any atom is -0.460 e. The summed E-state index contributed by atoms with van der Waals surface area (Å²) in [4.78, 5) is 27.5. The van der Waals surface area contributed by atoms with Crippen LogP contribution in [0.2, 0.25) is 0 Å². The number of benzene rings is 2. The smallest absolute Gasteiger partial charge is 0.306 e. The molecule has 2 aromatic rings. The average molecular weight is 519 g/mol. The highest BCUT2D eigenvalue weighted by Crippen LogP contribution is 2.51. The van der Waals surface area contributed by atoms with Gasteiger partial charge >= 0.3 is 5.97 Å². The van der Waals surface area contributed by atoms with E-state index in [2.05, 4.69) is 78.0 Å². The van der Waals surface area contributed by atoms with Crippen LogP contribution in [0.5, 0.6) is 0 Å². The van der Waals surface area contributed by atoms with Crippen LogP contribution in [0, 0.1) is 10.8 Å². The largest absolute Gasteiger partial charge is 0.460 e. The van der Waals surface area contributed by atoms with Crippen molar-refractivity contribution in [3.05, 3.63) is 84.0 Å². The molecule has 0 radical (unpaired) electrons. The maximum atomic E-state index is 14.5. The summed E-state index contributed by atoms with van der Waals surface area (Å²) in [6.45, 7) is 16.0. The molecule has 198 valence electrons. The summed E-state index contributed by atoms with van der Waals surface area (Å²) in [5, 5.41) is 3.03. The molecule has 1 aliphatic carbocycles. The van der Waals surface area contributed by atoms with Gasteiger partial charge in [0.05, 0.1) is 6.42 Å². The molecule has 0 bridgehead atoms. The van der Waals surface area contributed by atoms with Crippen LogP contribution in [0.25, 0.3) is 0 Å². The number of hydrogen-bond acceptors (Lipinski definition) is 3. The van der Waals surface area contributed by atoms with E-state index in [4.69, 9.17) is 4.74 Å². The lowest BCUT2D eigenvalue weighted by Crippen LogP contribution is -2.35. The van der Waals surface area contributed by atoms with Gasteiger partial charge in [-0.1, -0.05) is 108 Å². The summed E-state index contributed by atoms with van der Waals surface area (Å²) < 4.78 is 5.73. The van der Waals surface area contributed by atoms with Crippen molar-refractivity contribution in [1.82, 2.24) is 0 Å². The van der Waals surface area contributed by atoms with E-state index in [0.717, 1.165) is 27.0 Å². The topological polar surface area (TPSA) is 43.4 Å². The van der Waals surface area contributed by atoms with Crippen molar-refractivity contribution in [1.29, 1.82) is 0 Å². The second kappa shape index (κ2) is 10.6. The molecule has 0 heterocycles. The van der Waals surface area contributed by atoms with Gasteiger partial charge in [0.2, 0.25) is 0 Å². The molecule has 3 nitrogen and oxygen atoms in total. The molecule has 0 aromatic heterocycles. The van der Waals surface area contributed by atoms with Gasteiger partial charge in [0, 0.05) is 10.9 Å². The Bertz CT molecular complexity index is 1220. The summed E-state index contributed by atoms with van der Waals surface area (Å²) >= 11 is 0. The van der Waals surface area contributed by atoms with Gasteiger partial charge in [-0.3, -0.25) is 9.59 Å². The predicted octanol–water partition coefficient (Wildman–Crippen LogP) is 7.09. The summed E-state index contributed by atoms with van der Waals surface area (Å²) in [6, 6.07) is 20.6. The third kappa shape index (κ3) is 6.63. The molecule has 0 aliphatic heterocycles. The maximum Gasteiger partial charge on any atom is 0.306 e. The summed E-state index contributed by atoms with van der Waals surface area (Å²) in [6.07, 6.45) is 5.01. The van der Waals surface area contributed by atoms with E-state index in [1.54, 1.807) is 0 Å². The molecule has 0 amide bonds. The van der Waals surface area contributed by atoms with Crippen molar-refractivity contribution < 1.29 is 14.3 Å². The molecule has 0 unspecified atom stereocenters. The van der Waals surface area contributed by atoms with Crippen LogP contribution in [-0.4, -0.2) is 28.8 Å². The Morgan fingerprint density at radius 3 is 1.62 bits per heavy atom. The van der Waals surface area contributed by atoms with Gasteiger partial charge in [0.15, 0.2) is 5.78 Å². The van der Waals surface area contributed by atoms with Crippen LogP contribution in [0.4, 0.5) is 0 Å². The van der Waals surface area contributed by atoms with Crippen LogP contribution in [-0.2, 0) is 14.3 Å². The van der Waals surface area contributed by atoms with E-state index in [1.807, 2.05) is 57.2 Å². The van der Waals surface area contributed by atoms with E-state index in [9.17, 15) is 9.59 Å². The van der Waals surface area contributed by atoms with E-state index >= 15 is 0 Å². The van der Waals surface area contributed by atoms with E-state index in [-0.39, 0.29) is 29.0 Å². The summed E-state index contributed by atoms with van der Waals surface area (Å²) in [7, 11) is 0. The third-order valence-electron chi connectivity index (χ3n) is 6.62. The van der Waals surface area contributed by atoms with Crippen LogP contribution in [0.3, 0.4) is 0 Å². The van der Waals surface area contributed by atoms with E-state index < -0.39 is 12.5 Å².